The molecule has 0 unspecified atom stereocenters. The van der Waals surface area contributed by atoms with Crippen LogP contribution in [0, 0.1) is 0 Å². The van der Waals surface area contributed by atoms with Gasteiger partial charge in [-0.05, 0) is 26.7 Å². The van der Waals surface area contributed by atoms with Crippen LogP contribution in [-0.2, 0) is 10.3 Å². The minimum atomic E-state index is -1.33. The number of aromatic carboxylic acids is 1. The second-order valence-electron chi connectivity index (χ2n) is 4.92. The van der Waals surface area contributed by atoms with E-state index in [1.54, 1.807) is 0 Å². The van der Waals surface area contributed by atoms with Gasteiger partial charge in [0.15, 0.2) is 11.2 Å². The summed E-state index contributed by atoms with van der Waals surface area (Å²) in [6.45, 7) is 6.79. The van der Waals surface area contributed by atoms with Crippen LogP contribution in [0.2, 0.25) is 0 Å². The first-order valence-electron chi connectivity index (χ1n) is 6.20. The molecule has 106 valence electrons. The van der Waals surface area contributed by atoms with Crippen molar-refractivity contribution in [1.29, 1.82) is 0 Å². The van der Waals surface area contributed by atoms with Gasteiger partial charge in [-0.15, -0.1) is 5.10 Å². The number of aromatic nitrogens is 3. The Morgan fingerprint density at radius 1 is 1.26 bits per heavy atom. The highest BCUT2D eigenvalue weighted by Gasteiger charge is 2.37. The molecule has 0 fully saturated rings. The fraction of sp³-hybridized carbons (Fsp3) is 0.667. The normalized spacial score (nSPS) is 11.8. The highest BCUT2D eigenvalue weighted by Crippen LogP contribution is 2.29. The summed E-state index contributed by atoms with van der Waals surface area (Å²) < 4.78 is 1.22. The molecule has 1 aromatic heterocycles. The zero-order valence-electron chi connectivity index (χ0n) is 11.5. The number of aliphatic carboxylic acids is 1. The van der Waals surface area contributed by atoms with E-state index in [0.717, 1.165) is 0 Å². The number of rotatable bonds is 6. The van der Waals surface area contributed by atoms with Crippen molar-refractivity contribution in [3.05, 3.63) is 11.4 Å². The van der Waals surface area contributed by atoms with E-state index in [0.29, 0.717) is 18.5 Å². The average Bonchev–Trinajstić information content (AvgIpc) is 2.76. The molecule has 0 aliphatic rings. The molecule has 0 amide bonds. The van der Waals surface area contributed by atoms with Crippen molar-refractivity contribution in [1.82, 2.24) is 15.0 Å². The summed E-state index contributed by atoms with van der Waals surface area (Å²) >= 11 is 0. The lowest BCUT2D eigenvalue weighted by atomic mass is 9.95. The Bertz CT molecular complexity index is 489. The lowest BCUT2D eigenvalue weighted by Gasteiger charge is -2.24. The predicted molar refractivity (Wildman–Crippen MR) is 67.3 cm³/mol. The maximum Gasteiger partial charge on any atom is 0.358 e. The van der Waals surface area contributed by atoms with Crippen LogP contribution in [-0.4, -0.2) is 37.1 Å². The molecule has 1 aromatic rings. The summed E-state index contributed by atoms with van der Waals surface area (Å²) in [5.41, 5.74) is -1.12. The summed E-state index contributed by atoms with van der Waals surface area (Å²) in [6, 6.07) is 0. The fourth-order valence-corrected chi connectivity index (χ4v) is 1.99. The largest absolute Gasteiger partial charge is 0.479 e. The van der Waals surface area contributed by atoms with Crippen LogP contribution in [0.3, 0.4) is 0 Å². The average molecular weight is 269 g/mol. The monoisotopic (exact) mass is 269 g/mol. The number of carboxylic acid groups (broad SMARTS) is 2. The van der Waals surface area contributed by atoms with Gasteiger partial charge in [0.2, 0.25) is 0 Å². The Labute approximate surface area is 111 Å². The van der Waals surface area contributed by atoms with Gasteiger partial charge in [0.1, 0.15) is 0 Å². The third-order valence-corrected chi connectivity index (χ3v) is 3.33. The maximum absolute atomic E-state index is 11.3. The SMILES string of the molecule is CCC(CC)c1c(C(=O)O)nnn1C(C)(C)C(=O)O. The van der Waals surface area contributed by atoms with Gasteiger partial charge in [0, 0.05) is 5.92 Å². The number of carbonyl (C=O) groups is 2. The minimum Gasteiger partial charge on any atom is -0.479 e. The molecule has 1 heterocycles. The summed E-state index contributed by atoms with van der Waals surface area (Å²) in [5, 5.41) is 25.8. The summed E-state index contributed by atoms with van der Waals surface area (Å²) in [6.07, 6.45) is 1.39. The lowest BCUT2D eigenvalue weighted by Crippen LogP contribution is -2.38. The molecule has 19 heavy (non-hydrogen) atoms. The molecular formula is C12H19N3O4. The van der Waals surface area contributed by atoms with Gasteiger partial charge in [0.25, 0.3) is 0 Å². The predicted octanol–water partition coefficient (Wildman–Crippen LogP) is 1.70. The Kier molecular flexibility index (Phi) is 4.28. The van der Waals surface area contributed by atoms with E-state index in [-0.39, 0.29) is 11.6 Å². The van der Waals surface area contributed by atoms with E-state index in [1.165, 1.54) is 18.5 Å². The van der Waals surface area contributed by atoms with Crippen LogP contribution in [0.25, 0.3) is 0 Å². The van der Waals surface area contributed by atoms with Crippen LogP contribution in [0.1, 0.15) is 62.6 Å². The maximum atomic E-state index is 11.3. The minimum absolute atomic E-state index is 0.0836. The summed E-state index contributed by atoms with van der Waals surface area (Å²) in [4.78, 5) is 22.5. The molecule has 7 heteroatoms. The van der Waals surface area contributed by atoms with Crippen molar-refractivity contribution in [3.63, 3.8) is 0 Å². The van der Waals surface area contributed by atoms with Gasteiger partial charge in [-0.1, -0.05) is 19.1 Å². The zero-order valence-corrected chi connectivity index (χ0v) is 11.5. The van der Waals surface area contributed by atoms with Crippen molar-refractivity contribution in [2.75, 3.05) is 0 Å². The zero-order chi connectivity index (χ0) is 14.8. The summed E-state index contributed by atoms with van der Waals surface area (Å²) in [5.74, 6) is -2.35. The molecule has 0 atom stereocenters. The second kappa shape index (κ2) is 5.38. The van der Waals surface area contributed by atoms with Crippen molar-refractivity contribution in [2.45, 2.75) is 52.0 Å². The molecule has 0 saturated heterocycles. The first kappa shape index (κ1) is 15.1. The second-order valence-corrected chi connectivity index (χ2v) is 4.92. The van der Waals surface area contributed by atoms with Crippen LogP contribution < -0.4 is 0 Å². The Balaban J connectivity index is 3.50. The first-order chi connectivity index (χ1) is 8.77. The van der Waals surface area contributed by atoms with Crippen molar-refractivity contribution < 1.29 is 19.8 Å². The Morgan fingerprint density at radius 3 is 2.16 bits per heavy atom. The van der Waals surface area contributed by atoms with Gasteiger partial charge in [-0.2, -0.15) is 0 Å². The highest BCUT2D eigenvalue weighted by atomic mass is 16.4. The van der Waals surface area contributed by atoms with Gasteiger partial charge in [0.05, 0.1) is 5.69 Å². The quantitative estimate of drug-likeness (QED) is 0.814. The van der Waals surface area contributed by atoms with E-state index in [1.807, 2.05) is 13.8 Å². The van der Waals surface area contributed by atoms with Crippen molar-refractivity contribution >= 4 is 11.9 Å². The van der Waals surface area contributed by atoms with E-state index in [4.69, 9.17) is 5.11 Å². The van der Waals surface area contributed by atoms with Gasteiger partial charge >= 0.3 is 11.9 Å². The number of carboxylic acids is 2. The smallest absolute Gasteiger partial charge is 0.358 e. The first-order valence-corrected chi connectivity index (χ1v) is 6.20. The molecule has 0 bridgehead atoms. The Morgan fingerprint density at radius 2 is 1.79 bits per heavy atom. The molecule has 7 nitrogen and oxygen atoms in total. The molecule has 0 spiro atoms. The van der Waals surface area contributed by atoms with Crippen molar-refractivity contribution in [3.8, 4) is 0 Å². The molecule has 2 N–H and O–H groups in total. The molecule has 0 aromatic carbocycles. The lowest BCUT2D eigenvalue weighted by molar-refractivity contribution is -0.146. The molecular weight excluding hydrogens is 250 g/mol. The van der Waals surface area contributed by atoms with Gasteiger partial charge in [-0.25, -0.2) is 14.3 Å². The van der Waals surface area contributed by atoms with Gasteiger partial charge < -0.3 is 10.2 Å². The standard InChI is InChI=1S/C12H19N3O4/c1-5-7(6-2)9-8(10(16)17)13-14-15(9)12(3,4)11(18)19/h7H,5-6H2,1-4H3,(H,16,17)(H,18,19). The van der Waals surface area contributed by atoms with Crippen LogP contribution in [0.5, 0.6) is 0 Å². The highest BCUT2D eigenvalue weighted by molar-refractivity contribution is 5.87. The topological polar surface area (TPSA) is 105 Å². The molecule has 0 saturated carbocycles. The Hall–Kier alpha value is -1.92. The molecule has 0 aliphatic carbocycles. The van der Waals surface area contributed by atoms with Crippen LogP contribution >= 0.6 is 0 Å². The molecule has 0 radical (unpaired) electrons. The third-order valence-electron chi connectivity index (χ3n) is 3.33. The van der Waals surface area contributed by atoms with E-state index >= 15 is 0 Å². The number of nitrogens with zero attached hydrogens (tertiary/aromatic N) is 3. The molecule has 0 aliphatic heterocycles. The van der Waals surface area contributed by atoms with Gasteiger partial charge in [-0.3, -0.25) is 0 Å². The number of hydrogen-bond donors (Lipinski definition) is 2. The number of hydrogen-bond acceptors (Lipinski definition) is 4. The third kappa shape index (κ3) is 2.59. The fourth-order valence-electron chi connectivity index (χ4n) is 1.99. The van der Waals surface area contributed by atoms with E-state index in [9.17, 15) is 14.7 Å². The van der Waals surface area contributed by atoms with Crippen LogP contribution in [0.4, 0.5) is 0 Å². The summed E-state index contributed by atoms with van der Waals surface area (Å²) in [7, 11) is 0. The molecule has 1 rings (SSSR count). The van der Waals surface area contributed by atoms with Crippen LogP contribution in [0.15, 0.2) is 0 Å². The van der Waals surface area contributed by atoms with E-state index in [2.05, 4.69) is 10.3 Å². The van der Waals surface area contributed by atoms with Crippen molar-refractivity contribution in [2.24, 2.45) is 0 Å². The van der Waals surface area contributed by atoms with E-state index < -0.39 is 17.5 Å².